The van der Waals surface area contributed by atoms with Gasteiger partial charge in [-0.1, -0.05) is 124 Å². The average molecular weight is 663 g/mol. The zero-order valence-electron chi connectivity index (χ0n) is 28.9. The Balaban J connectivity index is 1.28. The molecule has 0 saturated heterocycles. The van der Waals surface area contributed by atoms with Gasteiger partial charge in [0.1, 0.15) is 23.6 Å². The van der Waals surface area contributed by atoms with Crippen LogP contribution in [0.25, 0.3) is 39.0 Å². The number of hydrogen-bond acceptors (Lipinski definition) is 4. The molecule has 2 aromatic heterocycles. The van der Waals surface area contributed by atoms with Crippen LogP contribution < -0.4 is 9.64 Å². The van der Waals surface area contributed by atoms with E-state index >= 15 is 0 Å². The molecule has 0 N–H and O–H groups in total. The topological polar surface area (TPSA) is 43.2 Å². The Hall–Kier alpha value is -6.46. The average Bonchev–Trinajstić information content (AvgIpc) is 3.60. The van der Waals surface area contributed by atoms with E-state index in [1.54, 1.807) is 0 Å². The molecular weight excluding hydrogens is 625 g/mol. The summed E-state index contributed by atoms with van der Waals surface area (Å²) in [6.45, 7) is 6.71. The number of nitrogens with zero attached hydrogens (tertiary/aromatic N) is 4. The van der Waals surface area contributed by atoms with E-state index in [9.17, 15) is 0 Å². The molecule has 0 fully saturated rings. The number of benzene rings is 6. The quantitative estimate of drug-likeness (QED) is 0.162. The predicted molar refractivity (Wildman–Crippen MR) is 210 cm³/mol. The SMILES string of the molecule is CC(C)(C)c1ccnc(N(c2cccc(Oc3cccc(-n4cnc5ccccc54)c3)c2)c2c(-c3ccccc3)cccc2-c2ccccc2)c1. The Morgan fingerprint density at radius 2 is 1.20 bits per heavy atom. The molecule has 8 aromatic rings. The van der Waals surface area contributed by atoms with Crippen LogP contribution in [0.15, 0.2) is 176 Å². The second-order valence-electron chi connectivity index (χ2n) is 13.6. The number of imidazole rings is 1. The number of hydrogen-bond donors (Lipinski definition) is 0. The minimum atomic E-state index is -0.0683. The van der Waals surface area contributed by atoms with Gasteiger partial charge in [-0.3, -0.25) is 9.47 Å². The summed E-state index contributed by atoms with van der Waals surface area (Å²) in [7, 11) is 0. The van der Waals surface area contributed by atoms with Crippen molar-refractivity contribution in [2.45, 2.75) is 26.2 Å². The fourth-order valence-corrected chi connectivity index (χ4v) is 6.55. The molecule has 6 aromatic carbocycles. The maximum Gasteiger partial charge on any atom is 0.137 e. The maximum absolute atomic E-state index is 6.62. The van der Waals surface area contributed by atoms with Gasteiger partial charge in [0.2, 0.25) is 0 Å². The lowest BCUT2D eigenvalue weighted by molar-refractivity contribution is 0.482. The van der Waals surface area contributed by atoms with Gasteiger partial charge in [0.15, 0.2) is 0 Å². The Morgan fingerprint density at radius 3 is 1.90 bits per heavy atom. The minimum Gasteiger partial charge on any atom is -0.457 e. The zero-order chi connectivity index (χ0) is 34.8. The first-order valence-corrected chi connectivity index (χ1v) is 17.2. The van der Waals surface area contributed by atoms with Crippen LogP contribution in [0.2, 0.25) is 0 Å². The highest BCUT2D eigenvalue weighted by atomic mass is 16.5. The van der Waals surface area contributed by atoms with Gasteiger partial charge in [0, 0.05) is 29.5 Å². The Bertz CT molecular complexity index is 2390. The predicted octanol–water partition coefficient (Wildman–Crippen LogP) is 12.3. The van der Waals surface area contributed by atoms with Crippen LogP contribution in [0.4, 0.5) is 17.2 Å². The molecule has 0 aliphatic heterocycles. The molecule has 0 unspecified atom stereocenters. The fourth-order valence-electron chi connectivity index (χ4n) is 6.55. The first-order chi connectivity index (χ1) is 24.9. The van der Waals surface area contributed by atoms with Crippen molar-refractivity contribution >= 4 is 28.2 Å². The van der Waals surface area contributed by atoms with Gasteiger partial charge in [-0.25, -0.2) is 9.97 Å². The molecule has 0 aliphatic rings. The molecule has 0 atom stereocenters. The Labute approximate surface area is 299 Å². The molecule has 0 bridgehead atoms. The highest BCUT2D eigenvalue weighted by Gasteiger charge is 2.25. The molecule has 2 heterocycles. The number of aromatic nitrogens is 3. The van der Waals surface area contributed by atoms with Gasteiger partial charge in [-0.05, 0) is 70.6 Å². The van der Waals surface area contributed by atoms with E-state index in [1.165, 1.54) is 5.56 Å². The van der Waals surface area contributed by atoms with Crippen LogP contribution in [-0.4, -0.2) is 14.5 Å². The molecule has 0 radical (unpaired) electrons. The van der Waals surface area contributed by atoms with Crippen molar-refractivity contribution in [1.82, 2.24) is 14.5 Å². The van der Waals surface area contributed by atoms with Gasteiger partial charge in [0.05, 0.1) is 28.1 Å². The van der Waals surface area contributed by atoms with Crippen LogP contribution in [0.1, 0.15) is 26.3 Å². The molecule has 8 rings (SSSR count). The summed E-state index contributed by atoms with van der Waals surface area (Å²) in [5, 5.41) is 0. The molecular formula is C46H38N4O. The second kappa shape index (κ2) is 13.4. The van der Waals surface area contributed by atoms with E-state index in [0.29, 0.717) is 0 Å². The Kier molecular flexibility index (Phi) is 8.38. The van der Waals surface area contributed by atoms with Gasteiger partial charge in [-0.15, -0.1) is 0 Å². The largest absolute Gasteiger partial charge is 0.457 e. The van der Waals surface area contributed by atoms with E-state index in [0.717, 1.165) is 67.7 Å². The number of para-hydroxylation sites is 3. The van der Waals surface area contributed by atoms with Gasteiger partial charge < -0.3 is 4.74 Å². The molecule has 0 saturated carbocycles. The summed E-state index contributed by atoms with van der Waals surface area (Å²) in [5.41, 5.74) is 10.5. The molecule has 0 spiro atoms. The number of ether oxygens (including phenoxy) is 1. The van der Waals surface area contributed by atoms with Crippen LogP contribution in [0.3, 0.4) is 0 Å². The standard InChI is InChI=1S/C46H38N4O/c1-46(2,3)35-27-28-47-44(29-35)50(45-40(33-15-6-4-7-16-33)23-14-24-41(45)34-17-8-5-9-18-34)37-20-13-22-39(31-37)51-38-21-12-19-36(30-38)49-32-48-42-25-10-11-26-43(42)49/h4-32H,1-3H3. The van der Waals surface area contributed by atoms with Crippen LogP contribution in [-0.2, 0) is 5.41 Å². The van der Waals surface area contributed by atoms with Crippen molar-refractivity contribution in [1.29, 1.82) is 0 Å². The third-order valence-electron chi connectivity index (χ3n) is 9.13. The van der Waals surface area contributed by atoms with Gasteiger partial charge >= 0.3 is 0 Å². The lowest BCUT2D eigenvalue weighted by Gasteiger charge is -2.31. The van der Waals surface area contributed by atoms with E-state index in [4.69, 9.17) is 9.72 Å². The van der Waals surface area contributed by atoms with Crippen LogP contribution >= 0.6 is 0 Å². The number of fused-ring (bicyclic) bond motifs is 1. The highest BCUT2D eigenvalue weighted by Crippen LogP contribution is 2.47. The van der Waals surface area contributed by atoms with Crippen LogP contribution in [0.5, 0.6) is 11.5 Å². The van der Waals surface area contributed by atoms with Crippen molar-refractivity contribution in [3.05, 3.63) is 182 Å². The zero-order valence-corrected chi connectivity index (χ0v) is 28.9. The van der Waals surface area contributed by atoms with Gasteiger partial charge in [0.25, 0.3) is 0 Å². The number of rotatable bonds is 8. The first kappa shape index (κ1) is 31.8. The van der Waals surface area contributed by atoms with E-state index in [1.807, 2.05) is 61.1 Å². The fraction of sp³-hybridized carbons (Fsp3) is 0.0870. The third-order valence-corrected chi connectivity index (χ3v) is 9.13. The second-order valence-corrected chi connectivity index (χ2v) is 13.6. The van der Waals surface area contributed by atoms with Crippen LogP contribution in [0, 0.1) is 0 Å². The van der Waals surface area contributed by atoms with E-state index in [2.05, 4.69) is 150 Å². The summed E-state index contributed by atoms with van der Waals surface area (Å²) >= 11 is 0. The molecule has 5 nitrogen and oxygen atoms in total. The number of pyridine rings is 1. The summed E-state index contributed by atoms with van der Waals surface area (Å²) in [6, 6.07) is 56.5. The summed E-state index contributed by atoms with van der Waals surface area (Å²) < 4.78 is 8.70. The maximum atomic E-state index is 6.62. The normalized spacial score (nSPS) is 11.4. The van der Waals surface area contributed by atoms with Crippen molar-refractivity contribution in [2.24, 2.45) is 0 Å². The molecule has 0 aliphatic carbocycles. The molecule has 248 valence electrons. The number of anilines is 3. The lowest BCUT2D eigenvalue weighted by Crippen LogP contribution is -2.17. The monoisotopic (exact) mass is 662 g/mol. The highest BCUT2D eigenvalue weighted by molar-refractivity contribution is 5.97. The van der Waals surface area contributed by atoms with Crippen molar-refractivity contribution < 1.29 is 4.74 Å². The Morgan fingerprint density at radius 1 is 0.569 bits per heavy atom. The third kappa shape index (κ3) is 6.50. The van der Waals surface area contributed by atoms with Gasteiger partial charge in [-0.2, -0.15) is 0 Å². The minimum absolute atomic E-state index is 0.0683. The summed E-state index contributed by atoms with van der Waals surface area (Å²) in [6.07, 6.45) is 3.78. The lowest BCUT2D eigenvalue weighted by atomic mass is 9.87. The van der Waals surface area contributed by atoms with E-state index in [-0.39, 0.29) is 5.41 Å². The molecule has 5 heteroatoms. The summed E-state index contributed by atoms with van der Waals surface area (Å²) in [5.74, 6) is 2.28. The van der Waals surface area contributed by atoms with Crippen molar-refractivity contribution in [3.63, 3.8) is 0 Å². The smallest absolute Gasteiger partial charge is 0.137 e. The first-order valence-electron chi connectivity index (χ1n) is 17.2. The molecule has 0 amide bonds. The summed E-state index contributed by atoms with van der Waals surface area (Å²) in [4.78, 5) is 11.9. The molecule has 51 heavy (non-hydrogen) atoms. The van der Waals surface area contributed by atoms with Crippen molar-refractivity contribution in [2.75, 3.05) is 4.90 Å². The van der Waals surface area contributed by atoms with Crippen molar-refractivity contribution in [3.8, 4) is 39.4 Å². The van der Waals surface area contributed by atoms with E-state index < -0.39 is 0 Å².